The maximum Gasteiger partial charge on any atom is 0.248 e. The Bertz CT molecular complexity index is 1250. The fourth-order valence-corrected chi connectivity index (χ4v) is 9.10. The number of hydrogen-bond donors (Lipinski definition) is 3. The molecule has 2 bridgehead atoms. The molecule has 5 rings (SSSR count). The van der Waals surface area contributed by atoms with Crippen molar-refractivity contribution in [3.05, 3.63) is 53.1 Å². The van der Waals surface area contributed by atoms with E-state index in [0.29, 0.717) is 41.6 Å². The number of likely N-dealkylation sites (tertiary alicyclic amines) is 1. The molecule has 3 fully saturated rings. The van der Waals surface area contributed by atoms with E-state index in [1.54, 1.807) is 42.1 Å². The molecule has 2 aromatic carbocycles. The number of aliphatic hydroxyl groups excluding tert-OH is 1. The number of para-hydroxylation sites is 1. The molecule has 3 saturated heterocycles. The Kier molecular flexibility index (Phi) is 7.13. The van der Waals surface area contributed by atoms with Gasteiger partial charge >= 0.3 is 0 Å². The maximum atomic E-state index is 13.9. The van der Waals surface area contributed by atoms with E-state index in [9.17, 15) is 19.5 Å². The average molecular weight is 558 g/mol. The highest BCUT2D eigenvalue weighted by molar-refractivity contribution is 8.02. The molecule has 0 saturated carbocycles. The van der Waals surface area contributed by atoms with E-state index in [0.717, 1.165) is 5.56 Å². The number of nitrogens with zero attached hydrogens (tertiary/aromatic N) is 1. The van der Waals surface area contributed by atoms with Crippen LogP contribution in [0, 0.1) is 18.8 Å². The summed E-state index contributed by atoms with van der Waals surface area (Å²) in [5.41, 5.74) is 1.93. The lowest BCUT2D eigenvalue weighted by atomic mass is 9.66. The quantitative estimate of drug-likeness (QED) is 0.451. The van der Waals surface area contributed by atoms with Crippen molar-refractivity contribution in [3.63, 3.8) is 0 Å². The summed E-state index contributed by atoms with van der Waals surface area (Å²) in [5, 5.41) is 16.2. The van der Waals surface area contributed by atoms with E-state index in [-0.39, 0.29) is 30.9 Å². The number of benzene rings is 2. The van der Waals surface area contributed by atoms with Gasteiger partial charge in [0.1, 0.15) is 11.8 Å². The largest absolute Gasteiger partial charge is 0.494 e. The van der Waals surface area contributed by atoms with Crippen LogP contribution in [-0.4, -0.2) is 63.0 Å². The molecule has 202 valence electrons. The molecule has 3 heterocycles. The zero-order valence-electron chi connectivity index (χ0n) is 21.6. The second-order valence-corrected chi connectivity index (χ2v) is 12.7. The Morgan fingerprint density at radius 3 is 2.55 bits per heavy atom. The van der Waals surface area contributed by atoms with Gasteiger partial charge in [0.25, 0.3) is 0 Å². The number of aliphatic hydroxyl groups is 1. The van der Waals surface area contributed by atoms with Gasteiger partial charge in [-0.3, -0.25) is 14.4 Å². The van der Waals surface area contributed by atoms with Gasteiger partial charge in [0.05, 0.1) is 40.5 Å². The SMILES string of the molecule is CCOc1ccc(NC(=O)[C@@H]2[C@H]3C(=O)N(CCO)C(C(=O)Nc4c(C)cccc4Cl)C34CC[C@@]2(C)S4)cc1. The molecular weight excluding hydrogens is 526 g/mol. The molecule has 1 spiro atoms. The number of aryl methyl sites for hydroxylation is 1. The normalized spacial score (nSPS) is 29.3. The number of β-amino-alcohol motifs (C(OH)–C–C–N with tert-alkyl or cyclic N) is 1. The molecule has 3 aliphatic heterocycles. The number of carbonyl (C=O) groups excluding carboxylic acids is 3. The van der Waals surface area contributed by atoms with Crippen LogP contribution in [0.25, 0.3) is 0 Å². The highest BCUT2D eigenvalue weighted by atomic mass is 35.5. The van der Waals surface area contributed by atoms with Gasteiger partial charge < -0.3 is 25.4 Å². The first-order chi connectivity index (χ1) is 18.1. The Balaban J connectivity index is 1.46. The first-order valence-corrected chi connectivity index (χ1v) is 14.1. The van der Waals surface area contributed by atoms with E-state index < -0.39 is 27.4 Å². The van der Waals surface area contributed by atoms with Crippen LogP contribution in [0.2, 0.25) is 5.02 Å². The number of rotatable bonds is 8. The number of nitrogens with one attached hydrogen (secondary N) is 2. The molecule has 0 aromatic heterocycles. The third kappa shape index (κ3) is 4.25. The second-order valence-electron chi connectivity index (χ2n) is 10.4. The van der Waals surface area contributed by atoms with Crippen LogP contribution in [0.5, 0.6) is 5.75 Å². The van der Waals surface area contributed by atoms with E-state index in [1.807, 2.05) is 32.9 Å². The first-order valence-electron chi connectivity index (χ1n) is 12.9. The summed E-state index contributed by atoms with van der Waals surface area (Å²) in [6, 6.07) is 11.7. The van der Waals surface area contributed by atoms with Crippen LogP contribution in [-0.2, 0) is 14.4 Å². The Morgan fingerprint density at radius 1 is 1.16 bits per heavy atom. The summed E-state index contributed by atoms with van der Waals surface area (Å²) in [6.07, 6.45) is 1.32. The molecule has 0 radical (unpaired) electrons. The van der Waals surface area contributed by atoms with Crippen molar-refractivity contribution in [1.29, 1.82) is 0 Å². The zero-order chi connectivity index (χ0) is 27.2. The Hall–Kier alpha value is -2.75. The summed E-state index contributed by atoms with van der Waals surface area (Å²) in [6.45, 7) is 6.05. The van der Waals surface area contributed by atoms with E-state index in [2.05, 4.69) is 10.6 Å². The fourth-order valence-electron chi connectivity index (χ4n) is 6.48. The predicted molar refractivity (Wildman–Crippen MR) is 149 cm³/mol. The number of hydrogen-bond acceptors (Lipinski definition) is 6. The number of anilines is 2. The monoisotopic (exact) mass is 557 g/mol. The van der Waals surface area contributed by atoms with Crippen LogP contribution < -0.4 is 15.4 Å². The molecule has 2 unspecified atom stereocenters. The van der Waals surface area contributed by atoms with Crippen molar-refractivity contribution < 1.29 is 24.2 Å². The van der Waals surface area contributed by atoms with Crippen LogP contribution in [0.3, 0.4) is 0 Å². The molecule has 3 aliphatic rings. The third-order valence-electron chi connectivity index (χ3n) is 8.05. The summed E-state index contributed by atoms with van der Waals surface area (Å²) in [4.78, 5) is 42.9. The third-order valence-corrected chi connectivity index (χ3v) is 10.4. The molecule has 2 aromatic rings. The van der Waals surface area contributed by atoms with Gasteiger partial charge in [0.2, 0.25) is 17.7 Å². The van der Waals surface area contributed by atoms with Gasteiger partial charge in [-0.1, -0.05) is 23.7 Å². The lowest BCUT2D eigenvalue weighted by molar-refractivity contribution is -0.139. The summed E-state index contributed by atoms with van der Waals surface area (Å²) >= 11 is 7.96. The lowest BCUT2D eigenvalue weighted by Gasteiger charge is -2.35. The van der Waals surface area contributed by atoms with Crippen molar-refractivity contribution in [2.75, 3.05) is 30.4 Å². The van der Waals surface area contributed by atoms with Crippen LogP contribution >= 0.6 is 23.4 Å². The smallest absolute Gasteiger partial charge is 0.248 e. The number of fused-ring (bicyclic) bond motifs is 1. The summed E-state index contributed by atoms with van der Waals surface area (Å²) in [7, 11) is 0. The molecule has 10 heteroatoms. The lowest BCUT2D eigenvalue weighted by Crippen LogP contribution is -2.52. The highest BCUT2D eigenvalue weighted by Gasteiger charge is 2.77. The van der Waals surface area contributed by atoms with Crippen molar-refractivity contribution in [3.8, 4) is 5.75 Å². The maximum absolute atomic E-state index is 13.9. The van der Waals surface area contributed by atoms with Crippen molar-refractivity contribution in [2.24, 2.45) is 11.8 Å². The van der Waals surface area contributed by atoms with Crippen LogP contribution in [0.1, 0.15) is 32.3 Å². The van der Waals surface area contributed by atoms with Gasteiger partial charge in [0, 0.05) is 17.0 Å². The van der Waals surface area contributed by atoms with Crippen LogP contribution in [0.4, 0.5) is 11.4 Å². The standard InChI is InChI=1S/C28H32ClN3O5S/c1-4-37-18-10-8-17(9-11-18)30-24(34)20-21-26(36)32(14-15-33)23(28(21)13-12-27(20,3)38-28)25(35)31-22-16(2)6-5-7-19(22)29/h5-11,20-21,23,33H,4,12-15H2,1-3H3,(H,30,34)(H,31,35)/t20-,21-,23?,27+,28?/m0/s1. The number of amides is 3. The molecular formula is C28H32ClN3O5S. The van der Waals surface area contributed by atoms with Gasteiger partial charge in [-0.15, -0.1) is 11.8 Å². The fraction of sp³-hybridized carbons (Fsp3) is 0.464. The van der Waals surface area contributed by atoms with E-state index in [1.165, 1.54) is 4.90 Å². The molecule has 3 N–H and O–H groups in total. The van der Waals surface area contributed by atoms with Crippen molar-refractivity contribution in [1.82, 2.24) is 4.90 Å². The number of ether oxygens (including phenoxy) is 1. The molecule has 5 atom stereocenters. The minimum absolute atomic E-state index is 0.0151. The van der Waals surface area contributed by atoms with E-state index >= 15 is 0 Å². The Morgan fingerprint density at radius 2 is 1.89 bits per heavy atom. The van der Waals surface area contributed by atoms with Crippen molar-refractivity contribution in [2.45, 2.75) is 49.1 Å². The van der Waals surface area contributed by atoms with Gasteiger partial charge in [-0.25, -0.2) is 0 Å². The molecule has 8 nitrogen and oxygen atoms in total. The first kappa shape index (κ1) is 26.8. The topological polar surface area (TPSA) is 108 Å². The van der Waals surface area contributed by atoms with Crippen LogP contribution in [0.15, 0.2) is 42.5 Å². The summed E-state index contributed by atoms with van der Waals surface area (Å²) in [5.74, 6) is -1.45. The highest BCUT2D eigenvalue weighted by Crippen LogP contribution is 2.71. The molecule has 3 amide bonds. The van der Waals surface area contributed by atoms with Gasteiger partial charge in [-0.2, -0.15) is 0 Å². The summed E-state index contributed by atoms with van der Waals surface area (Å²) < 4.78 is 4.21. The second kappa shape index (κ2) is 10.1. The number of thioether (sulfide) groups is 1. The van der Waals surface area contributed by atoms with Crippen molar-refractivity contribution >= 4 is 52.5 Å². The predicted octanol–water partition coefficient (Wildman–Crippen LogP) is 4.10. The number of carbonyl (C=O) groups is 3. The van der Waals surface area contributed by atoms with E-state index in [4.69, 9.17) is 16.3 Å². The Labute approximate surface area is 231 Å². The molecule has 38 heavy (non-hydrogen) atoms. The minimum atomic E-state index is -0.835. The van der Waals surface area contributed by atoms with Gasteiger partial charge in [0.15, 0.2) is 0 Å². The molecule has 0 aliphatic carbocycles. The minimum Gasteiger partial charge on any atom is -0.494 e. The number of halogens is 1. The zero-order valence-corrected chi connectivity index (χ0v) is 23.2. The van der Waals surface area contributed by atoms with Gasteiger partial charge in [-0.05, 0) is 69.5 Å². The average Bonchev–Trinajstić information content (AvgIpc) is 3.44.